The van der Waals surface area contributed by atoms with E-state index < -0.39 is 97.5 Å². The molecule has 17 nitrogen and oxygen atoms in total. The lowest BCUT2D eigenvalue weighted by Crippen LogP contribution is -2.30. The fraction of sp³-hybridized carbons (Fsp3) is 0.907. The molecule has 0 spiro atoms. The van der Waals surface area contributed by atoms with Crippen LogP contribution in [0, 0.1) is 0 Å². The minimum absolute atomic E-state index is 0.0952. The maximum Gasteiger partial charge on any atom is 0.472 e. The molecule has 0 bridgehead atoms. The maximum atomic E-state index is 12.7. The van der Waals surface area contributed by atoms with Gasteiger partial charge >= 0.3 is 39.5 Å². The predicted octanol–water partition coefficient (Wildman–Crippen LogP) is 9.75. The highest BCUT2D eigenvalue weighted by Crippen LogP contribution is 2.45. The fourth-order valence-electron chi connectivity index (χ4n) is 5.92. The summed E-state index contributed by atoms with van der Waals surface area (Å²) in [5.41, 5.74) is 0. The van der Waals surface area contributed by atoms with Crippen molar-refractivity contribution in [3.8, 4) is 0 Å². The molecular formula is C43H82O17P2. The molecule has 0 saturated heterocycles. The molecule has 0 amide bonds. The monoisotopic (exact) mass is 933 g/mol. The van der Waals surface area contributed by atoms with Crippen molar-refractivity contribution < 1.29 is 80.2 Å². The Kier molecular flexibility index (Phi) is 38.2. The molecule has 0 aliphatic rings. The number of aliphatic hydroxyl groups excluding tert-OH is 1. The van der Waals surface area contributed by atoms with E-state index in [1.165, 1.54) is 0 Å². The van der Waals surface area contributed by atoms with Gasteiger partial charge in [0.1, 0.15) is 19.3 Å². The van der Waals surface area contributed by atoms with E-state index in [9.17, 15) is 43.2 Å². The highest BCUT2D eigenvalue weighted by Gasteiger charge is 2.30. The number of ether oxygens (including phenoxy) is 4. The average Bonchev–Trinajstić information content (AvgIpc) is 3.23. The van der Waals surface area contributed by atoms with Gasteiger partial charge < -0.3 is 33.8 Å². The van der Waals surface area contributed by atoms with Gasteiger partial charge in [-0.3, -0.25) is 37.3 Å². The quantitative estimate of drug-likeness (QED) is 0.0223. The van der Waals surface area contributed by atoms with Gasteiger partial charge in [-0.2, -0.15) is 0 Å². The Morgan fingerprint density at radius 2 is 0.645 bits per heavy atom. The minimum Gasteiger partial charge on any atom is -0.462 e. The number of carbonyl (C=O) groups is 4. The highest BCUT2D eigenvalue weighted by atomic mass is 31.2. The van der Waals surface area contributed by atoms with E-state index in [4.69, 9.17) is 37.0 Å². The van der Waals surface area contributed by atoms with Gasteiger partial charge in [0.2, 0.25) is 0 Å². The van der Waals surface area contributed by atoms with E-state index in [2.05, 4.69) is 20.8 Å². The number of rotatable bonds is 44. The van der Waals surface area contributed by atoms with Crippen LogP contribution in [0.5, 0.6) is 0 Å². The van der Waals surface area contributed by atoms with Crippen LogP contribution in [0.1, 0.15) is 195 Å². The lowest BCUT2D eigenvalue weighted by Gasteiger charge is -2.21. The van der Waals surface area contributed by atoms with Crippen LogP contribution in [0.15, 0.2) is 0 Å². The summed E-state index contributed by atoms with van der Waals surface area (Å²) in [5, 5.41) is 10.3. The largest absolute Gasteiger partial charge is 0.472 e. The first-order valence-electron chi connectivity index (χ1n) is 23.3. The molecule has 0 aromatic carbocycles. The molecule has 0 fully saturated rings. The number of unbranched alkanes of at least 4 members (excludes halogenated alkanes) is 18. The third-order valence-electron chi connectivity index (χ3n) is 9.60. The second-order valence-corrected chi connectivity index (χ2v) is 18.6. The summed E-state index contributed by atoms with van der Waals surface area (Å²) >= 11 is 0. The maximum absolute atomic E-state index is 12.7. The molecule has 0 aliphatic carbocycles. The zero-order valence-electron chi connectivity index (χ0n) is 38.3. The van der Waals surface area contributed by atoms with Crippen LogP contribution in [0.4, 0.5) is 0 Å². The van der Waals surface area contributed by atoms with E-state index in [0.29, 0.717) is 25.7 Å². The van der Waals surface area contributed by atoms with Gasteiger partial charge in [-0.1, -0.05) is 143 Å². The molecule has 0 heterocycles. The summed E-state index contributed by atoms with van der Waals surface area (Å²) in [6.45, 7) is 4.40. The number of hydrogen-bond donors (Lipinski definition) is 3. The second kappa shape index (κ2) is 39.4. The second-order valence-electron chi connectivity index (χ2n) is 15.7. The summed E-state index contributed by atoms with van der Waals surface area (Å²) in [7, 11) is -9.81. The standard InChI is InChI=1S/C43H82O17P2/c1-5-9-13-17-20-24-27-40(45)53-33-38(59-42(47)29-23-16-12-8-4)35-57-61(49,50)55-31-37(44)32-56-62(51,52)58-36-39(60-43(48)30-26-22-19-15-11-7-3)34-54-41(46)28-25-21-18-14-10-6-2/h37-39,44H,5-36H2,1-4H3,(H,49,50)(H,51,52)/t37-,38-,39-/m1/s1. The van der Waals surface area contributed by atoms with Crippen LogP contribution in [0.2, 0.25) is 0 Å². The van der Waals surface area contributed by atoms with Gasteiger partial charge in [-0.25, -0.2) is 9.13 Å². The molecule has 0 aromatic rings. The Labute approximate surface area is 371 Å². The third kappa shape index (κ3) is 38.5. The molecule has 0 saturated carbocycles. The van der Waals surface area contributed by atoms with Crippen molar-refractivity contribution in [1.29, 1.82) is 0 Å². The van der Waals surface area contributed by atoms with Crippen molar-refractivity contribution in [1.82, 2.24) is 0 Å². The van der Waals surface area contributed by atoms with E-state index in [1.54, 1.807) is 0 Å². The summed E-state index contributed by atoms with van der Waals surface area (Å²) in [5.74, 6) is -2.20. The van der Waals surface area contributed by atoms with Crippen molar-refractivity contribution in [2.45, 2.75) is 213 Å². The molecule has 0 radical (unpaired) electrons. The Hall–Kier alpha value is -1.94. The molecule has 19 heteroatoms. The molecule has 2 unspecified atom stereocenters. The number of phosphoric ester groups is 2. The highest BCUT2D eigenvalue weighted by molar-refractivity contribution is 7.47. The zero-order chi connectivity index (χ0) is 46.3. The van der Waals surface area contributed by atoms with E-state index in [0.717, 1.165) is 116 Å². The van der Waals surface area contributed by atoms with Crippen LogP contribution in [-0.4, -0.2) is 96.7 Å². The van der Waals surface area contributed by atoms with E-state index in [-0.39, 0.29) is 25.7 Å². The molecule has 3 N–H and O–H groups in total. The van der Waals surface area contributed by atoms with Crippen molar-refractivity contribution >= 4 is 39.5 Å². The van der Waals surface area contributed by atoms with Crippen LogP contribution in [0.25, 0.3) is 0 Å². The Morgan fingerprint density at radius 3 is 0.968 bits per heavy atom. The molecular weight excluding hydrogens is 850 g/mol. The summed E-state index contributed by atoms with van der Waals surface area (Å²) < 4.78 is 66.3. The topological polar surface area (TPSA) is 237 Å². The van der Waals surface area contributed by atoms with Crippen LogP contribution in [0.3, 0.4) is 0 Å². The number of esters is 4. The number of carbonyl (C=O) groups excluding carboxylic acids is 4. The fourth-order valence-corrected chi connectivity index (χ4v) is 7.50. The predicted molar refractivity (Wildman–Crippen MR) is 234 cm³/mol. The van der Waals surface area contributed by atoms with Crippen LogP contribution in [-0.2, 0) is 65.4 Å². The molecule has 0 aromatic heterocycles. The summed E-state index contributed by atoms with van der Waals surface area (Å²) in [6, 6.07) is 0. The number of phosphoric acid groups is 2. The zero-order valence-corrected chi connectivity index (χ0v) is 40.1. The van der Waals surface area contributed by atoms with E-state index in [1.807, 2.05) is 6.92 Å². The normalized spacial score (nSPS) is 14.9. The minimum atomic E-state index is -4.91. The van der Waals surface area contributed by atoms with Crippen molar-refractivity contribution in [3.63, 3.8) is 0 Å². The summed E-state index contributed by atoms with van der Waals surface area (Å²) in [6.07, 6.45) is 17.0. The summed E-state index contributed by atoms with van der Waals surface area (Å²) in [4.78, 5) is 70.3. The van der Waals surface area contributed by atoms with Crippen LogP contribution < -0.4 is 0 Å². The Balaban J connectivity index is 5.10. The van der Waals surface area contributed by atoms with Gasteiger partial charge in [0.25, 0.3) is 0 Å². The number of hydrogen-bond acceptors (Lipinski definition) is 15. The van der Waals surface area contributed by atoms with Gasteiger partial charge in [0, 0.05) is 25.7 Å². The van der Waals surface area contributed by atoms with Crippen LogP contribution >= 0.6 is 15.6 Å². The van der Waals surface area contributed by atoms with E-state index >= 15 is 0 Å². The number of aliphatic hydroxyl groups is 1. The van der Waals surface area contributed by atoms with Gasteiger partial charge in [-0.05, 0) is 25.7 Å². The van der Waals surface area contributed by atoms with Crippen molar-refractivity contribution in [2.75, 3.05) is 39.6 Å². The Bertz CT molecular complexity index is 1250. The SMILES string of the molecule is CCCCCCCCC(=O)OC[C@H](COP(=O)(O)OC[C@@H](O)COP(=O)(O)OC[C@@H](COC(=O)CCCCCCCC)OC(=O)CCCCCCCC)OC(=O)CCCCCC. The Morgan fingerprint density at radius 1 is 0.387 bits per heavy atom. The molecule has 366 valence electrons. The molecule has 62 heavy (non-hydrogen) atoms. The lowest BCUT2D eigenvalue weighted by atomic mass is 10.1. The molecule has 5 atom stereocenters. The lowest BCUT2D eigenvalue weighted by molar-refractivity contribution is -0.161. The molecule has 0 aliphatic heterocycles. The van der Waals surface area contributed by atoms with Gasteiger partial charge in [-0.15, -0.1) is 0 Å². The van der Waals surface area contributed by atoms with Gasteiger partial charge in [0.15, 0.2) is 12.2 Å². The smallest absolute Gasteiger partial charge is 0.462 e. The first-order chi connectivity index (χ1) is 29.7. The average molecular weight is 933 g/mol. The first kappa shape index (κ1) is 60.1. The van der Waals surface area contributed by atoms with Gasteiger partial charge in [0.05, 0.1) is 26.4 Å². The van der Waals surface area contributed by atoms with Crippen molar-refractivity contribution in [3.05, 3.63) is 0 Å². The third-order valence-corrected chi connectivity index (χ3v) is 11.5. The molecule has 0 rings (SSSR count). The van der Waals surface area contributed by atoms with Crippen molar-refractivity contribution in [2.24, 2.45) is 0 Å². The first-order valence-corrected chi connectivity index (χ1v) is 26.3.